The molecule has 26 heavy (non-hydrogen) atoms. The summed E-state index contributed by atoms with van der Waals surface area (Å²) in [7, 11) is 0. The minimum absolute atomic E-state index is 0.0801. The van der Waals surface area contributed by atoms with Gasteiger partial charge in [0.15, 0.2) is 11.0 Å². The zero-order valence-corrected chi connectivity index (χ0v) is 15.8. The summed E-state index contributed by atoms with van der Waals surface area (Å²) in [5, 5.41) is 28.9. The number of aromatic nitrogens is 3. The molecule has 1 aliphatic carbocycles. The zero-order chi connectivity index (χ0) is 18.4. The molecule has 9 heteroatoms. The van der Waals surface area contributed by atoms with Gasteiger partial charge in [0, 0.05) is 19.1 Å². The number of hydrogen-bond donors (Lipinski definition) is 0. The molecule has 1 aliphatic rings. The van der Waals surface area contributed by atoms with Crippen LogP contribution in [0.5, 0.6) is 0 Å². The first-order valence-corrected chi connectivity index (χ1v) is 10.2. The molecule has 1 fully saturated rings. The van der Waals surface area contributed by atoms with Crippen LogP contribution in [-0.2, 0) is 4.79 Å². The maximum atomic E-state index is 12.5. The van der Waals surface area contributed by atoms with Crippen molar-refractivity contribution >= 4 is 29.0 Å². The number of nitrogens with zero attached hydrogens (tertiary/aromatic N) is 6. The van der Waals surface area contributed by atoms with Crippen molar-refractivity contribution in [2.75, 3.05) is 18.8 Å². The number of carbonyl (C=O) groups is 1. The van der Waals surface area contributed by atoms with Crippen molar-refractivity contribution in [1.82, 2.24) is 19.7 Å². The molecule has 0 atom stereocenters. The lowest BCUT2D eigenvalue weighted by Gasteiger charge is -2.20. The second-order valence-corrected chi connectivity index (χ2v) is 7.76. The Labute approximate surface area is 160 Å². The van der Waals surface area contributed by atoms with Crippen LogP contribution in [0.3, 0.4) is 0 Å². The van der Waals surface area contributed by atoms with Crippen LogP contribution in [0, 0.1) is 22.7 Å². The van der Waals surface area contributed by atoms with Gasteiger partial charge < -0.3 is 4.90 Å². The van der Waals surface area contributed by atoms with Crippen molar-refractivity contribution in [3.8, 4) is 22.8 Å². The molecule has 0 saturated heterocycles. The molecule has 0 spiro atoms. The average Bonchev–Trinajstić information content (AvgIpc) is 3.18. The molecule has 0 bridgehead atoms. The van der Waals surface area contributed by atoms with E-state index in [1.54, 1.807) is 16.2 Å². The van der Waals surface area contributed by atoms with Crippen LogP contribution in [0.1, 0.15) is 31.7 Å². The molecule has 1 amide bonds. The van der Waals surface area contributed by atoms with E-state index in [1.807, 2.05) is 29.7 Å². The molecule has 1 saturated carbocycles. The van der Waals surface area contributed by atoms with Crippen LogP contribution >= 0.6 is 23.1 Å². The molecule has 3 rings (SSSR count). The van der Waals surface area contributed by atoms with Crippen molar-refractivity contribution in [2.45, 2.75) is 36.9 Å². The molecule has 0 radical (unpaired) electrons. The van der Waals surface area contributed by atoms with Crippen molar-refractivity contribution in [2.24, 2.45) is 0 Å². The van der Waals surface area contributed by atoms with Crippen molar-refractivity contribution < 1.29 is 4.79 Å². The molecule has 7 nitrogen and oxygen atoms in total. The fourth-order valence-corrected chi connectivity index (χ4v) is 4.17. The van der Waals surface area contributed by atoms with E-state index in [2.05, 4.69) is 14.8 Å². The monoisotopic (exact) mass is 386 g/mol. The van der Waals surface area contributed by atoms with Gasteiger partial charge in [-0.05, 0) is 24.3 Å². The zero-order valence-electron chi connectivity index (χ0n) is 14.2. The Kier molecular flexibility index (Phi) is 6.26. The Bertz CT molecular complexity index is 811. The van der Waals surface area contributed by atoms with E-state index < -0.39 is 0 Å². The highest BCUT2D eigenvalue weighted by Crippen LogP contribution is 2.41. The van der Waals surface area contributed by atoms with E-state index in [0.717, 1.165) is 28.7 Å². The first-order chi connectivity index (χ1) is 12.7. The van der Waals surface area contributed by atoms with Gasteiger partial charge in [-0.2, -0.15) is 10.5 Å². The van der Waals surface area contributed by atoms with E-state index in [1.165, 1.54) is 11.8 Å². The summed E-state index contributed by atoms with van der Waals surface area (Å²) in [4.78, 5) is 15.1. The third kappa shape index (κ3) is 4.43. The summed E-state index contributed by atoms with van der Waals surface area (Å²) in [5.74, 6) is 1.01. The van der Waals surface area contributed by atoms with Crippen molar-refractivity contribution in [3.63, 3.8) is 0 Å². The van der Waals surface area contributed by atoms with E-state index >= 15 is 0 Å². The van der Waals surface area contributed by atoms with Gasteiger partial charge in [0.05, 0.1) is 35.6 Å². The van der Waals surface area contributed by atoms with Crippen molar-refractivity contribution in [1.29, 1.82) is 10.5 Å². The van der Waals surface area contributed by atoms with E-state index in [-0.39, 0.29) is 24.5 Å². The van der Waals surface area contributed by atoms with Gasteiger partial charge in [-0.25, -0.2) is 0 Å². The summed E-state index contributed by atoms with van der Waals surface area (Å²) < 4.78 is 2.14. The maximum absolute atomic E-state index is 12.5. The standard InChI is InChI=1S/C17H18N6OS2/c18-7-2-9-22(10-3-8-19)15(24)12-26-17-21-20-16(14-4-1-11-25-14)23(17)13-5-6-13/h1,4,11,13H,2-3,5-6,9-10,12H2. The number of carbonyl (C=O) groups excluding carboxylic acids is 1. The number of thioether (sulfide) groups is 1. The smallest absolute Gasteiger partial charge is 0.233 e. The summed E-state index contributed by atoms with van der Waals surface area (Å²) in [6.45, 7) is 0.709. The second kappa shape index (κ2) is 8.84. The molecule has 2 aromatic rings. The fourth-order valence-electron chi connectivity index (χ4n) is 2.56. The number of thiophene rings is 1. The van der Waals surface area contributed by atoms with Crippen LogP contribution < -0.4 is 0 Å². The number of nitriles is 2. The van der Waals surface area contributed by atoms with Gasteiger partial charge >= 0.3 is 0 Å². The number of amides is 1. The van der Waals surface area contributed by atoms with Gasteiger partial charge in [0.1, 0.15) is 0 Å². The van der Waals surface area contributed by atoms with E-state index in [9.17, 15) is 4.79 Å². The third-order valence-corrected chi connectivity index (χ3v) is 5.78. The quantitative estimate of drug-likeness (QED) is 0.614. The SMILES string of the molecule is N#CCCN(CCC#N)C(=O)CSc1nnc(-c2cccs2)n1C1CC1. The molecular formula is C17H18N6OS2. The topological polar surface area (TPSA) is 98.6 Å². The Morgan fingerprint density at radius 3 is 2.62 bits per heavy atom. The maximum Gasteiger partial charge on any atom is 0.233 e. The van der Waals surface area contributed by atoms with E-state index in [4.69, 9.17) is 10.5 Å². The molecule has 2 aromatic heterocycles. The summed E-state index contributed by atoms with van der Waals surface area (Å²) in [6, 6.07) is 8.52. The van der Waals surface area contributed by atoms with Gasteiger partial charge in [-0.1, -0.05) is 17.8 Å². The van der Waals surface area contributed by atoms with Crippen LogP contribution in [-0.4, -0.2) is 44.4 Å². The Morgan fingerprint density at radius 1 is 1.31 bits per heavy atom. The Morgan fingerprint density at radius 2 is 2.04 bits per heavy atom. The molecule has 0 aliphatic heterocycles. The lowest BCUT2D eigenvalue weighted by molar-refractivity contribution is -0.128. The van der Waals surface area contributed by atoms with Crippen LogP contribution in [0.2, 0.25) is 0 Å². The number of hydrogen-bond acceptors (Lipinski definition) is 7. The molecule has 134 valence electrons. The first-order valence-electron chi connectivity index (χ1n) is 8.38. The Hall–Kier alpha value is -2.36. The highest BCUT2D eigenvalue weighted by Gasteiger charge is 2.30. The van der Waals surface area contributed by atoms with E-state index in [0.29, 0.717) is 19.1 Å². The third-order valence-electron chi connectivity index (χ3n) is 3.98. The summed E-state index contributed by atoms with van der Waals surface area (Å²) in [6.07, 6.45) is 2.74. The Balaban J connectivity index is 1.68. The average molecular weight is 387 g/mol. The minimum Gasteiger partial charge on any atom is -0.340 e. The number of rotatable bonds is 9. The lowest BCUT2D eigenvalue weighted by Crippen LogP contribution is -2.34. The first kappa shape index (κ1) is 18.4. The summed E-state index contributed by atoms with van der Waals surface area (Å²) >= 11 is 3.00. The lowest BCUT2D eigenvalue weighted by atomic mass is 10.3. The largest absolute Gasteiger partial charge is 0.340 e. The highest BCUT2D eigenvalue weighted by molar-refractivity contribution is 7.99. The molecule has 2 heterocycles. The normalized spacial score (nSPS) is 13.2. The predicted octanol–water partition coefficient (Wildman–Crippen LogP) is 3.09. The van der Waals surface area contributed by atoms with Crippen LogP contribution in [0.15, 0.2) is 22.7 Å². The summed E-state index contributed by atoms with van der Waals surface area (Å²) in [5.41, 5.74) is 0. The molecular weight excluding hydrogens is 368 g/mol. The van der Waals surface area contributed by atoms with Gasteiger partial charge in [0.2, 0.25) is 5.91 Å². The van der Waals surface area contributed by atoms with Crippen LogP contribution in [0.4, 0.5) is 0 Å². The fraction of sp³-hybridized carbons (Fsp3) is 0.471. The predicted molar refractivity (Wildman–Crippen MR) is 99.4 cm³/mol. The van der Waals surface area contributed by atoms with Gasteiger partial charge in [0.25, 0.3) is 0 Å². The minimum atomic E-state index is -0.0801. The van der Waals surface area contributed by atoms with Gasteiger partial charge in [-0.3, -0.25) is 9.36 Å². The van der Waals surface area contributed by atoms with Crippen molar-refractivity contribution in [3.05, 3.63) is 17.5 Å². The van der Waals surface area contributed by atoms with Gasteiger partial charge in [-0.15, -0.1) is 21.5 Å². The van der Waals surface area contributed by atoms with Crippen LogP contribution in [0.25, 0.3) is 10.7 Å². The highest BCUT2D eigenvalue weighted by atomic mass is 32.2. The molecule has 0 N–H and O–H groups in total. The molecule has 0 aromatic carbocycles. The second-order valence-electron chi connectivity index (χ2n) is 5.87. The molecule has 0 unspecified atom stereocenters.